The Balaban J connectivity index is 1.77. The van der Waals surface area contributed by atoms with Crippen molar-refractivity contribution in [1.29, 1.82) is 0 Å². The number of hydrogen-bond donors (Lipinski definition) is 2. The van der Waals surface area contributed by atoms with E-state index in [9.17, 15) is 19.2 Å². The van der Waals surface area contributed by atoms with Crippen LogP contribution in [-0.2, 0) is 41.7 Å². The molecule has 8 heteroatoms. The summed E-state index contributed by atoms with van der Waals surface area (Å²) in [4.78, 5) is 50.2. The fraction of sp³-hybridized carbons (Fsp3) is 0.467. The molecule has 0 aliphatic carbocycles. The minimum absolute atomic E-state index is 0.196. The molecule has 0 spiro atoms. The van der Waals surface area contributed by atoms with Crippen LogP contribution < -0.4 is 10.6 Å². The Morgan fingerprint density at radius 2 is 0.947 bits per heavy atom. The van der Waals surface area contributed by atoms with Gasteiger partial charge in [0.2, 0.25) is 11.8 Å². The van der Waals surface area contributed by atoms with Crippen molar-refractivity contribution in [2.24, 2.45) is 10.8 Å². The Labute approximate surface area is 225 Å². The van der Waals surface area contributed by atoms with Gasteiger partial charge in [0.05, 0.1) is 23.7 Å². The van der Waals surface area contributed by atoms with Crippen molar-refractivity contribution in [3.05, 3.63) is 71.8 Å². The van der Waals surface area contributed by atoms with Gasteiger partial charge in [0, 0.05) is 13.1 Å². The number of amides is 2. The second-order valence-electron chi connectivity index (χ2n) is 10.5. The van der Waals surface area contributed by atoms with Gasteiger partial charge in [-0.1, -0.05) is 60.7 Å². The van der Waals surface area contributed by atoms with Crippen LogP contribution in [0.25, 0.3) is 0 Å². The van der Waals surface area contributed by atoms with Crippen molar-refractivity contribution in [2.45, 2.75) is 79.7 Å². The first kappa shape index (κ1) is 30.5. The van der Waals surface area contributed by atoms with Gasteiger partial charge in [0.25, 0.3) is 0 Å². The SMILES string of the molecule is CC(OC(=O)CCC(=O)OC(C)C(C)(C)C(=O)NCc1ccccc1)C(C)(C)C(=O)NCc1ccccc1. The topological polar surface area (TPSA) is 111 Å². The monoisotopic (exact) mass is 524 g/mol. The maximum atomic E-state index is 12.7. The lowest BCUT2D eigenvalue weighted by Crippen LogP contribution is -2.45. The maximum absolute atomic E-state index is 12.7. The molecule has 2 N–H and O–H groups in total. The van der Waals surface area contributed by atoms with Gasteiger partial charge in [-0.3, -0.25) is 19.2 Å². The lowest BCUT2D eigenvalue weighted by atomic mass is 9.86. The lowest BCUT2D eigenvalue weighted by molar-refractivity contribution is -0.164. The number of rotatable bonds is 13. The molecule has 2 aromatic carbocycles. The first-order chi connectivity index (χ1) is 17.8. The highest BCUT2D eigenvalue weighted by Gasteiger charge is 2.38. The van der Waals surface area contributed by atoms with Gasteiger partial charge in [-0.2, -0.15) is 0 Å². The number of hydrogen-bond acceptors (Lipinski definition) is 6. The molecular formula is C30H40N2O6. The van der Waals surface area contributed by atoms with Gasteiger partial charge in [0.1, 0.15) is 12.2 Å². The largest absolute Gasteiger partial charge is 0.462 e. The van der Waals surface area contributed by atoms with Crippen LogP contribution in [0.1, 0.15) is 65.5 Å². The van der Waals surface area contributed by atoms with Crippen molar-refractivity contribution in [2.75, 3.05) is 0 Å². The Morgan fingerprint density at radius 3 is 1.26 bits per heavy atom. The number of carbonyl (C=O) groups is 4. The third-order valence-corrected chi connectivity index (χ3v) is 6.94. The third kappa shape index (κ3) is 9.01. The molecular weight excluding hydrogens is 484 g/mol. The van der Waals surface area contributed by atoms with Crippen LogP contribution in [-0.4, -0.2) is 36.0 Å². The van der Waals surface area contributed by atoms with E-state index < -0.39 is 35.0 Å². The normalized spacial score (nSPS) is 13.1. The van der Waals surface area contributed by atoms with E-state index in [1.165, 1.54) is 0 Å². The summed E-state index contributed by atoms with van der Waals surface area (Å²) in [5.41, 5.74) is -0.0236. The highest BCUT2D eigenvalue weighted by Crippen LogP contribution is 2.26. The van der Waals surface area contributed by atoms with Crippen molar-refractivity contribution in [3.63, 3.8) is 0 Å². The highest BCUT2D eigenvalue weighted by molar-refractivity contribution is 5.84. The second kappa shape index (κ2) is 13.7. The van der Waals surface area contributed by atoms with E-state index in [-0.39, 0.29) is 24.7 Å². The Kier molecular flexibility index (Phi) is 11.0. The van der Waals surface area contributed by atoms with Gasteiger partial charge < -0.3 is 20.1 Å². The average Bonchev–Trinajstić information content (AvgIpc) is 2.90. The van der Waals surface area contributed by atoms with E-state index >= 15 is 0 Å². The standard InChI is InChI=1S/C30H40N2O6/c1-21(29(3,4)27(35)31-19-23-13-9-7-10-14-23)37-25(33)17-18-26(34)38-22(2)30(5,6)28(36)32-20-24-15-11-8-12-16-24/h7-16,21-22H,17-20H2,1-6H3,(H,31,35)(H,32,36). The summed E-state index contributed by atoms with van der Waals surface area (Å²) in [6, 6.07) is 19.0. The molecule has 2 rings (SSSR count). The molecule has 0 aliphatic rings. The molecule has 0 heterocycles. The zero-order valence-electron chi connectivity index (χ0n) is 23.2. The molecule has 2 amide bonds. The second-order valence-corrected chi connectivity index (χ2v) is 10.5. The van der Waals surface area contributed by atoms with E-state index in [4.69, 9.17) is 9.47 Å². The minimum atomic E-state index is -0.976. The summed E-state index contributed by atoms with van der Waals surface area (Å²) in [7, 11) is 0. The zero-order chi connectivity index (χ0) is 28.3. The quantitative estimate of drug-likeness (QED) is 0.378. The molecule has 206 valence electrons. The molecule has 8 nitrogen and oxygen atoms in total. The van der Waals surface area contributed by atoms with Crippen molar-refractivity contribution >= 4 is 23.8 Å². The molecule has 38 heavy (non-hydrogen) atoms. The molecule has 2 atom stereocenters. The molecule has 2 aromatic rings. The van der Waals surface area contributed by atoms with E-state index in [1.807, 2.05) is 60.7 Å². The molecule has 0 aromatic heterocycles. The highest BCUT2D eigenvalue weighted by atomic mass is 16.6. The molecule has 0 saturated carbocycles. The van der Waals surface area contributed by atoms with Crippen LogP contribution in [0, 0.1) is 10.8 Å². The van der Waals surface area contributed by atoms with Crippen molar-refractivity contribution < 1.29 is 28.7 Å². The minimum Gasteiger partial charge on any atom is -0.462 e. The summed E-state index contributed by atoms with van der Waals surface area (Å²) in [6.45, 7) is 10.8. The summed E-state index contributed by atoms with van der Waals surface area (Å²) in [5, 5.41) is 5.74. The van der Waals surface area contributed by atoms with E-state index in [0.717, 1.165) is 11.1 Å². The van der Waals surface area contributed by atoms with Crippen LogP contribution in [0.4, 0.5) is 0 Å². The molecule has 0 saturated heterocycles. The molecule has 0 bridgehead atoms. The Hall–Kier alpha value is -3.68. The van der Waals surface area contributed by atoms with Crippen LogP contribution in [0.5, 0.6) is 0 Å². The lowest BCUT2D eigenvalue weighted by Gasteiger charge is -2.30. The molecule has 2 unspecified atom stereocenters. The number of ether oxygens (including phenoxy) is 2. The molecule has 0 fully saturated rings. The first-order valence-electron chi connectivity index (χ1n) is 12.9. The average molecular weight is 525 g/mol. The Bertz CT molecular complexity index is 995. The number of nitrogens with one attached hydrogen (secondary N) is 2. The summed E-state index contributed by atoms with van der Waals surface area (Å²) in [5.74, 6) is -1.71. The predicted molar refractivity (Wildman–Crippen MR) is 144 cm³/mol. The van der Waals surface area contributed by atoms with Gasteiger partial charge in [-0.25, -0.2) is 0 Å². The summed E-state index contributed by atoms with van der Waals surface area (Å²) in [6.07, 6.45) is -1.82. The number of esters is 2. The van der Waals surface area contributed by atoms with E-state index in [0.29, 0.717) is 13.1 Å². The van der Waals surface area contributed by atoms with Crippen LogP contribution in [0.2, 0.25) is 0 Å². The Morgan fingerprint density at radius 1 is 0.632 bits per heavy atom. The zero-order valence-corrected chi connectivity index (χ0v) is 23.2. The smallest absolute Gasteiger partial charge is 0.306 e. The van der Waals surface area contributed by atoms with Gasteiger partial charge >= 0.3 is 11.9 Å². The van der Waals surface area contributed by atoms with Crippen molar-refractivity contribution in [3.8, 4) is 0 Å². The van der Waals surface area contributed by atoms with Gasteiger partial charge in [-0.15, -0.1) is 0 Å². The fourth-order valence-corrected chi connectivity index (χ4v) is 3.39. The van der Waals surface area contributed by atoms with Gasteiger partial charge in [-0.05, 0) is 52.7 Å². The van der Waals surface area contributed by atoms with Crippen LogP contribution >= 0.6 is 0 Å². The summed E-state index contributed by atoms with van der Waals surface area (Å²) < 4.78 is 10.9. The summed E-state index contributed by atoms with van der Waals surface area (Å²) >= 11 is 0. The fourth-order valence-electron chi connectivity index (χ4n) is 3.39. The van der Waals surface area contributed by atoms with E-state index in [2.05, 4.69) is 10.6 Å². The first-order valence-corrected chi connectivity index (χ1v) is 12.9. The van der Waals surface area contributed by atoms with E-state index in [1.54, 1.807) is 41.5 Å². The van der Waals surface area contributed by atoms with Gasteiger partial charge in [0.15, 0.2) is 0 Å². The number of benzene rings is 2. The third-order valence-electron chi connectivity index (χ3n) is 6.94. The maximum Gasteiger partial charge on any atom is 0.306 e. The molecule has 0 radical (unpaired) electrons. The number of carbonyl (C=O) groups excluding carboxylic acids is 4. The predicted octanol–water partition coefficient (Wildman–Crippen LogP) is 4.32. The van der Waals surface area contributed by atoms with Crippen LogP contribution in [0.3, 0.4) is 0 Å². The molecule has 0 aliphatic heterocycles. The van der Waals surface area contributed by atoms with Crippen LogP contribution in [0.15, 0.2) is 60.7 Å². The van der Waals surface area contributed by atoms with Crippen molar-refractivity contribution in [1.82, 2.24) is 10.6 Å².